The van der Waals surface area contributed by atoms with Crippen LogP contribution in [0, 0.1) is 0 Å². The Morgan fingerprint density at radius 3 is 2.30 bits per heavy atom. The molecule has 1 aliphatic heterocycles. The predicted molar refractivity (Wildman–Crippen MR) is 122 cm³/mol. The van der Waals surface area contributed by atoms with Crippen LogP contribution in [0.15, 0.2) is 77.7 Å². The Balaban J connectivity index is 1.40. The van der Waals surface area contributed by atoms with Gasteiger partial charge in [-0.05, 0) is 35.7 Å². The Morgan fingerprint density at radius 2 is 1.57 bits per heavy atom. The van der Waals surface area contributed by atoms with Crippen molar-refractivity contribution in [3.63, 3.8) is 0 Å². The summed E-state index contributed by atoms with van der Waals surface area (Å²) in [6, 6.07) is 25.2. The van der Waals surface area contributed by atoms with Crippen molar-refractivity contribution >= 4 is 11.8 Å². The molecule has 0 unspecified atom stereocenters. The van der Waals surface area contributed by atoms with Gasteiger partial charge in [-0.2, -0.15) is 0 Å². The van der Waals surface area contributed by atoms with Gasteiger partial charge in [-0.15, -0.1) is 11.8 Å². The van der Waals surface area contributed by atoms with Gasteiger partial charge in [0.25, 0.3) is 0 Å². The van der Waals surface area contributed by atoms with E-state index in [2.05, 4.69) is 59.9 Å². The highest BCUT2D eigenvalue weighted by atomic mass is 32.2. The number of methoxy groups -OCH3 is 2. The number of fused-ring (bicyclic) bond motifs is 1. The molecule has 4 nitrogen and oxygen atoms in total. The molecule has 1 heterocycles. The first-order chi connectivity index (χ1) is 14.8. The summed E-state index contributed by atoms with van der Waals surface area (Å²) in [6.45, 7) is 1.27. The van der Waals surface area contributed by atoms with Crippen LogP contribution >= 0.6 is 11.8 Å². The average Bonchev–Trinajstić information content (AvgIpc) is 2.81. The van der Waals surface area contributed by atoms with Gasteiger partial charge in [0.15, 0.2) is 11.5 Å². The molecule has 0 saturated heterocycles. The number of thioether (sulfide) groups is 1. The molecule has 0 aromatic heterocycles. The number of ether oxygens (including phenoxy) is 3. The molecule has 3 aromatic rings. The first-order valence-electron chi connectivity index (χ1n) is 10.2. The summed E-state index contributed by atoms with van der Waals surface area (Å²) in [4.78, 5) is 1.35. The smallest absolute Gasteiger partial charge is 0.203 e. The van der Waals surface area contributed by atoms with Crippen LogP contribution in [0.1, 0.15) is 23.5 Å². The van der Waals surface area contributed by atoms with E-state index in [4.69, 9.17) is 14.2 Å². The maximum absolute atomic E-state index is 6.00. The minimum Gasteiger partial charge on any atom is -0.493 e. The number of para-hydroxylation sites is 1. The fraction of sp³-hybridized carbons (Fsp3) is 0.280. The molecule has 1 N–H and O–H groups in total. The minimum atomic E-state index is 0.327. The second-order valence-corrected chi connectivity index (χ2v) is 8.38. The Morgan fingerprint density at radius 1 is 0.867 bits per heavy atom. The highest BCUT2D eigenvalue weighted by Crippen LogP contribution is 2.44. The summed E-state index contributed by atoms with van der Waals surface area (Å²) < 4.78 is 16.8. The molecule has 0 fully saturated rings. The lowest BCUT2D eigenvalue weighted by Gasteiger charge is -2.32. The van der Waals surface area contributed by atoms with Crippen molar-refractivity contribution in [2.24, 2.45) is 0 Å². The highest BCUT2D eigenvalue weighted by molar-refractivity contribution is 8.00. The van der Waals surface area contributed by atoms with E-state index in [0.717, 1.165) is 13.0 Å². The van der Waals surface area contributed by atoms with Gasteiger partial charge in [0.05, 0.1) is 19.6 Å². The van der Waals surface area contributed by atoms with E-state index >= 15 is 0 Å². The summed E-state index contributed by atoms with van der Waals surface area (Å²) in [7, 11) is 3.28. The monoisotopic (exact) mass is 421 g/mol. The summed E-state index contributed by atoms with van der Waals surface area (Å²) in [6.07, 6.45) is 1.05. The molecule has 2 atom stereocenters. The van der Waals surface area contributed by atoms with Crippen molar-refractivity contribution in [1.82, 2.24) is 5.32 Å². The van der Waals surface area contributed by atoms with E-state index in [1.807, 2.05) is 30.0 Å². The van der Waals surface area contributed by atoms with Crippen LogP contribution in [0.4, 0.5) is 0 Å². The van der Waals surface area contributed by atoms with Crippen molar-refractivity contribution in [2.45, 2.75) is 22.6 Å². The average molecular weight is 422 g/mol. The first-order valence-corrected chi connectivity index (χ1v) is 11.1. The number of hydrogen-bond donors (Lipinski definition) is 1. The van der Waals surface area contributed by atoms with E-state index in [9.17, 15) is 0 Å². The van der Waals surface area contributed by atoms with E-state index in [1.54, 1.807) is 14.2 Å². The predicted octanol–water partition coefficient (Wildman–Crippen LogP) is 5.33. The Labute approximate surface area is 182 Å². The van der Waals surface area contributed by atoms with Gasteiger partial charge in [-0.1, -0.05) is 54.6 Å². The third-order valence-corrected chi connectivity index (χ3v) is 6.59. The van der Waals surface area contributed by atoms with Gasteiger partial charge in [0, 0.05) is 17.4 Å². The van der Waals surface area contributed by atoms with Crippen LogP contribution in [0.2, 0.25) is 0 Å². The van der Waals surface area contributed by atoms with Crippen molar-refractivity contribution < 1.29 is 14.2 Å². The lowest BCUT2D eigenvalue weighted by Crippen LogP contribution is -2.33. The fourth-order valence-electron chi connectivity index (χ4n) is 3.88. The molecule has 0 aliphatic carbocycles. The maximum atomic E-state index is 6.00. The van der Waals surface area contributed by atoms with Crippen LogP contribution in [-0.2, 0) is 0 Å². The molecule has 4 rings (SSSR count). The quantitative estimate of drug-likeness (QED) is 0.498. The molecule has 0 radical (unpaired) electrons. The molecule has 0 amide bonds. The third kappa shape index (κ3) is 4.58. The van der Waals surface area contributed by atoms with Crippen LogP contribution in [-0.4, -0.2) is 32.7 Å². The Hall–Kier alpha value is -2.63. The first kappa shape index (κ1) is 20.6. The normalized spacial score (nSPS) is 17.8. The Bertz CT molecular complexity index is 941. The van der Waals surface area contributed by atoms with Gasteiger partial charge in [-0.3, -0.25) is 0 Å². The van der Waals surface area contributed by atoms with Crippen LogP contribution < -0.4 is 19.5 Å². The SMILES string of the molecule is COc1cccc(OC)c1OCCN[C@H]1C[C@@H](c2ccccc2)c2ccccc2S1. The van der Waals surface area contributed by atoms with E-state index < -0.39 is 0 Å². The summed E-state index contributed by atoms with van der Waals surface area (Å²) in [5, 5.41) is 3.99. The van der Waals surface area contributed by atoms with Crippen LogP contribution in [0.25, 0.3) is 0 Å². The van der Waals surface area contributed by atoms with Crippen molar-refractivity contribution in [3.8, 4) is 17.2 Å². The lowest BCUT2D eigenvalue weighted by atomic mass is 9.88. The van der Waals surface area contributed by atoms with Crippen molar-refractivity contribution in [1.29, 1.82) is 0 Å². The summed E-state index contributed by atoms with van der Waals surface area (Å²) in [5.74, 6) is 2.41. The van der Waals surface area contributed by atoms with Crippen LogP contribution in [0.3, 0.4) is 0 Å². The molecule has 1 aliphatic rings. The number of benzene rings is 3. The van der Waals surface area contributed by atoms with E-state index in [0.29, 0.717) is 35.1 Å². The summed E-state index contributed by atoms with van der Waals surface area (Å²) >= 11 is 1.90. The third-order valence-electron chi connectivity index (χ3n) is 5.32. The zero-order valence-corrected chi connectivity index (χ0v) is 18.2. The standard InChI is InChI=1S/C25H27NO3S/c1-27-21-12-8-13-22(28-2)25(21)29-16-15-26-24-17-20(18-9-4-3-5-10-18)19-11-6-7-14-23(19)30-24/h3-14,20,24,26H,15-17H2,1-2H3/t20-,24+/m0/s1. The largest absolute Gasteiger partial charge is 0.493 e. The zero-order chi connectivity index (χ0) is 20.8. The molecule has 156 valence electrons. The molecule has 30 heavy (non-hydrogen) atoms. The van der Waals surface area contributed by atoms with Gasteiger partial charge < -0.3 is 19.5 Å². The second kappa shape index (κ2) is 9.92. The van der Waals surface area contributed by atoms with E-state index in [-0.39, 0.29) is 0 Å². The van der Waals surface area contributed by atoms with Gasteiger partial charge >= 0.3 is 0 Å². The van der Waals surface area contributed by atoms with Gasteiger partial charge in [-0.25, -0.2) is 0 Å². The topological polar surface area (TPSA) is 39.7 Å². The number of nitrogens with one attached hydrogen (secondary N) is 1. The fourth-order valence-corrected chi connectivity index (χ4v) is 5.18. The number of hydrogen-bond acceptors (Lipinski definition) is 5. The molecule has 0 spiro atoms. The summed E-state index contributed by atoms with van der Waals surface area (Å²) in [5.41, 5.74) is 2.79. The van der Waals surface area contributed by atoms with Crippen molar-refractivity contribution in [2.75, 3.05) is 27.4 Å². The number of rotatable bonds is 8. The Kier molecular flexibility index (Phi) is 6.82. The molecular weight excluding hydrogens is 394 g/mol. The second-order valence-electron chi connectivity index (χ2n) is 7.14. The minimum absolute atomic E-state index is 0.327. The zero-order valence-electron chi connectivity index (χ0n) is 17.3. The van der Waals surface area contributed by atoms with Gasteiger partial charge in [0.2, 0.25) is 5.75 Å². The molecule has 0 saturated carbocycles. The van der Waals surface area contributed by atoms with Gasteiger partial charge in [0.1, 0.15) is 6.61 Å². The van der Waals surface area contributed by atoms with E-state index in [1.165, 1.54) is 16.0 Å². The molecular formula is C25H27NO3S. The molecule has 0 bridgehead atoms. The lowest BCUT2D eigenvalue weighted by molar-refractivity contribution is 0.272. The van der Waals surface area contributed by atoms with Crippen LogP contribution in [0.5, 0.6) is 17.2 Å². The molecule has 3 aromatic carbocycles. The maximum Gasteiger partial charge on any atom is 0.203 e. The molecule has 5 heteroatoms. The highest BCUT2D eigenvalue weighted by Gasteiger charge is 2.28. The van der Waals surface area contributed by atoms with Crippen molar-refractivity contribution in [3.05, 3.63) is 83.9 Å².